The topological polar surface area (TPSA) is 51.2 Å². The van der Waals surface area contributed by atoms with E-state index in [4.69, 9.17) is 5.73 Å². The van der Waals surface area contributed by atoms with Crippen LogP contribution in [-0.4, -0.2) is 9.67 Å². The minimum atomic E-state index is 0.0630. The van der Waals surface area contributed by atoms with Gasteiger partial charge in [-0.2, -0.15) is 0 Å². The molecular formula is C12H14N2O. The molecule has 1 aliphatic heterocycles. The molecule has 3 nitrogen and oxygen atoms in total. The summed E-state index contributed by atoms with van der Waals surface area (Å²) in [7, 11) is 0. The van der Waals surface area contributed by atoms with Crippen molar-refractivity contribution in [3.63, 3.8) is 0 Å². The minimum absolute atomic E-state index is 0.0630. The molecule has 2 aromatic rings. The van der Waals surface area contributed by atoms with Crippen molar-refractivity contribution in [3.05, 3.63) is 30.0 Å². The van der Waals surface area contributed by atoms with Crippen LogP contribution in [0.25, 0.3) is 10.9 Å². The van der Waals surface area contributed by atoms with Crippen molar-refractivity contribution in [2.45, 2.75) is 25.4 Å². The van der Waals surface area contributed by atoms with Crippen molar-refractivity contribution >= 4 is 10.9 Å². The first-order chi connectivity index (χ1) is 7.27. The number of phenols is 1. The highest BCUT2D eigenvalue weighted by Crippen LogP contribution is 2.33. The highest BCUT2D eigenvalue weighted by Gasteiger charge is 2.19. The van der Waals surface area contributed by atoms with Crippen molar-refractivity contribution in [3.8, 4) is 5.75 Å². The number of benzene rings is 1. The van der Waals surface area contributed by atoms with Gasteiger partial charge in [-0.1, -0.05) is 6.07 Å². The standard InChI is InChI=1S/C12H14N2O/c13-12-6-1-3-8-7-9-10(14(8)12)4-2-5-11(9)15/h2,4-5,7,12,15H,1,3,6,13H2. The maximum Gasteiger partial charge on any atom is 0.124 e. The third-order valence-corrected chi connectivity index (χ3v) is 3.20. The van der Waals surface area contributed by atoms with E-state index in [0.29, 0.717) is 5.75 Å². The van der Waals surface area contributed by atoms with Gasteiger partial charge in [0, 0.05) is 11.1 Å². The number of aromatic nitrogens is 1. The van der Waals surface area contributed by atoms with Crippen LogP contribution >= 0.6 is 0 Å². The van der Waals surface area contributed by atoms with Gasteiger partial charge in [0.2, 0.25) is 0 Å². The summed E-state index contributed by atoms with van der Waals surface area (Å²) in [6.45, 7) is 0. The van der Waals surface area contributed by atoms with E-state index in [1.807, 2.05) is 12.1 Å². The number of phenolic OH excluding ortho intramolecular Hbond substituents is 1. The molecule has 1 aliphatic rings. The molecule has 3 rings (SSSR count). The lowest BCUT2D eigenvalue weighted by molar-refractivity contribution is 0.425. The molecule has 0 aliphatic carbocycles. The predicted octanol–water partition coefficient (Wildman–Crippen LogP) is 2.14. The summed E-state index contributed by atoms with van der Waals surface area (Å²) in [5.41, 5.74) is 8.38. The third kappa shape index (κ3) is 1.16. The molecule has 1 unspecified atom stereocenters. The molecule has 0 saturated heterocycles. The van der Waals surface area contributed by atoms with Crippen molar-refractivity contribution in [2.75, 3.05) is 0 Å². The van der Waals surface area contributed by atoms with E-state index < -0.39 is 0 Å². The van der Waals surface area contributed by atoms with Crippen LogP contribution in [0.2, 0.25) is 0 Å². The van der Waals surface area contributed by atoms with Gasteiger partial charge in [-0.15, -0.1) is 0 Å². The Morgan fingerprint density at radius 3 is 3.13 bits per heavy atom. The first-order valence-corrected chi connectivity index (χ1v) is 5.35. The van der Waals surface area contributed by atoms with Gasteiger partial charge in [0.15, 0.2) is 0 Å². The van der Waals surface area contributed by atoms with Gasteiger partial charge in [0.1, 0.15) is 5.75 Å². The maximum atomic E-state index is 9.75. The van der Waals surface area contributed by atoms with Crippen LogP contribution in [0.3, 0.4) is 0 Å². The fourth-order valence-corrected chi connectivity index (χ4v) is 2.50. The Bertz CT molecular complexity index is 516. The van der Waals surface area contributed by atoms with Gasteiger partial charge < -0.3 is 15.4 Å². The molecule has 1 atom stereocenters. The number of fused-ring (bicyclic) bond motifs is 3. The number of nitrogens with zero attached hydrogens (tertiary/aromatic N) is 1. The molecular weight excluding hydrogens is 188 g/mol. The third-order valence-electron chi connectivity index (χ3n) is 3.20. The number of hydrogen-bond acceptors (Lipinski definition) is 2. The summed E-state index contributed by atoms with van der Waals surface area (Å²) in [5.74, 6) is 0.349. The van der Waals surface area contributed by atoms with Gasteiger partial charge in [-0.05, 0) is 37.5 Å². The molecule has 0 spiro atoms. The summed E-state index contributed by atoms with van der Waals surface area (Å²) < 4.78 is 2.15. The van der Waals surface area contributed by atoms with E-state index >= 15 is 0 Å². The van der Waals surface area contributed by atoms with E-state index in [1.165, 1.54) is 5.69 Å². The monoisotopic (exact) mass is 202 g/mol. The summed E-state index contributed by atoms with van der Waals surface area (Å²) in [6, 6.07) is 7.67. The highest BCUT2D eigenvalue weighted by molar-refractivity contribution is 5.87. The molecule has 3 N–H and O–H groups in total. The fraction of sp³-hybridized carbons (Fsp3) is 0.333. The van der Waals surface area contributed by atoms with Crippen LogP contribution in [0, 0.1) is 0 Å². The van der Waals surface area contributed by atoms with Crippen LogP contribution < -0.4 is 5.73 Å². The van der Waals surface area contributed by atoms with Crippen molar-refractivity contribution in [1.29, 1.82) is 0 Å². The molecule has 15 heavy (non-hydrogen) atoms. The molecule has 78 valence electrons. The zero-order valence-electron chi connectivity index (χ0n) is 8.48. The highest BCUT2D eigenvalue weighted by atomic mass is 16.3. The Morgan fingerprint density at radius 2 is 2.27 bits per heavy atom. The molecule has 0 amide bonds. The molecule has 0 saturated carbocycles. The van der Waals surface area contributed by atoms with Gasteiger partial charge in [-0.3, -0.25) is 0 Å². The zero-order chi connectivity index (χ0) is 10.4. The van der Waals surface area contributed by atoms with Crippen LogP contribution in [0.1, 0.15) is 24.7 Å². The number of hydrogen-bond donors (Lipinski definition) is 2. The average molecular weight is 202 g/mol. The molecule has 1 aromatic heterocycles. The summed E-state index contributed by atoms with van der Waals surface area (Å²) in [4.78, 5) is 0. The molecule has 0 bridgehead atoms. The molecule has 1 aromatic carbocycles. The number of nitrogens with two attached hydrogens (primary N) is 1. The van der Waals surface area contributed by atoms with E-state index in [1.54, 1.807) is 6.07 Å². The van der Waals surface area contributed by atoms with Crippen LogP contribution in [0.5, 0.6) is 5.75 Å². The van der Waals surface area contributed by atoms with E-state index in [2.05, 4.69) is 10.6 Å². The van der Waals surface area contributed by atoms with Gasteiger partial charge in [0.25, 0.3) is 0 Å². The second-order valence-electron chi connectivity index (χ2n) is 4.18. The summed E-state index contributed by atoms with van der Waals surface area (Å²) in [5, 5.41) is 10.7. The lowest BCUT2D eigenvalue weighted by Crippen LogP contribution is -2.24. The Hall–Kier alpha value is -1.48. The van der Waals surface area contributed by atoms with Gasteiger partial charge >= 0.3 is 0 Å². The first kappa shape index (κ1) is 8.80. The minimum Gasteiger partial charge on any atom is -0.507 e. The lowest BCUT2D eigenvalue weighted by atomic mass is 10.1. The maximum absolute atomic E-state index is 9.75. The zero-order valence-corrected chi connectivity index (χ0v) is 8.48. The fourth-order valence-electron chi connectivity index (χ4n) is 2.50. The molecule has 2 heterocycles. The Morgan fingerprint density at radius 1 is 1.40 bits per heavy atom. The van der Waals surface area contributed by atoms with Crippen LogP contribution in [-0.2, 0) is 6.42 Å². The number of aromatic hydroxyl groups is 1. The van der Waals surface area contributed by atoms with Gasteiger partial charge in [0.05, 0.1) is 11.7 Å². The molecule has 3 heteroatoms. The summed E-state index contributed by atoms with van der Waals surface area (Å²) in [6.07, 6.45) is 3.28. The lowest BCUT2D eigenvalue weighted by Gasteiger charge is -2.23. The smallest absolute Gasteiger partial charge is 0.124 e. The Labute approximate surface area is 88.1 Å². The summed E-state index contributed by atoms with van der Waals surface area (Å²) >= 11 is 0. The Balaban J connectivity index is 2.36. The number of rotatable bonds is 0. The Kier molecular flexibility index (Phi) is 1.76. The predicted molar refractivity (Wildman–Crippen MR) is 59.8 cm³/mol. The van der Waals surface area contributed by atoms with Crippen molar-refractivity contribution in [2.24, 2.45) is 5.73 Å². The number of aryl methyl sites for hydroxylation is 1. The van der Waals surface area contributed by atoms with Crippen LogP contribution in [0.4, 0.5) is 0 Å². The second kappa shape index (κ2) is 3.00. The largest absolute Gasteiger partial charge is 0.507 e. The second-order valence-corrected chi connectivity index (χ2v) is 4.18. The van der Waals surface area contributed by atoms with E-state index in [9.17, 15) is 5.11 Å². The first-order valence-electron chi connectivity index (χ1n) is 5.35. The van der Waals surface area contributed by atoms with Crippen molar-refractivity contribution in [1.82, 2.24) is 4.57 Å². The SMILES string of the molecule is NC1CCCc2cc3c(O)cccc3n21. The molecule has 0 radical (unpaired) electrons. The average Bonchev–Trinajstić information content (AvgIpc) is 2.59. The quantitative estimate of drug-likeness (QED) is 0.687. The van der Waals surface area contributed by atoms with E-state index in [-0.39, 0.29) is 6.17 Å². The van der Waals surface area contributed by atoms with E-state index in [0.717, 1.165) is 30.2 Å². The van der Waals surface area contributed by atoms with Gasteiger partial charge in [-0.25, -0.2) is 0 Å². The van der Waals surface area contributed by atoms with Crippen LogP contribution in [0.15, 0.2) is 24.3 Å². The normalized spacial score (nSPS) is 20.5. The van der Waals surface area contributed by atoms with Crippen molar-refractivity contribution < 1.29 is 5.11 Å². The molecule has 0 fully saturated rings.